The standard InChI is InChI=1S/C19H24N2O3/c1-14(11-15-3-6-17(24-2)7-4-15)20-10-9-16-5-8-19(23)18(12-16)21-13-22/h3-8,12-14,20,23H,9-11H2,1-2H3,(H,21,22)/t14-/m0/s1. The third-order valence-corrected chi connectivity index (χ3v) is 3.88. The smallest absolute Gasteiger partial charge is 0.211 e. The molecular formula is C19H24N2O3. The number of benzene rings is 2. The van der Waals surface area contributed by atoms with Crippen molar-refractivity contribution in [3.8, 4) is 11.5 Å². The van der Waals surface area contributed by atoms with Crippen LogP contribution >= 0.6 is 0 Å². The second-order valence-electron chi connectivity index (χ2n) is 5.77. The Hall–Kier alpha value is -2.53. The van der Waals surface area contributed by atoms with Crippen molar-refractivity contribution in [1.29, 1.82) is 0 Å². The number of methoxy groups -OCH3 is 1. The average Bonchev–Trinajstić information content (AvgIpc) is 2.58. The molecule has 0 saturated heterocycles. The molecule has 0 saturated carbocycles. The summed E-state index contributed by atoms with van der Waals surface area (Å²) in [5.41, 5.74) is 2.76. The Morgan fingerprint density at radius 2 is 1.88 bits per heavy atom. The van der Waals surface area contributed by atoms with Crippen LogP contribution in [0.1, 0.15) is 18.1 Å². The number of aromatic hydroxyl groups is 1. The van der Waals surface area contributed by atoms with E-state index in [-0.39, 0.29) is 5.75 Å². The number of hydrogen-bond donors (Lipinski definition) is 3. The Morgan fingerprint density at radius 3 is 2.54 bits per heavy atom. The zero-order valence-electron chi connectivity index (χ0n) is 14.1. The van der Waals surface area contributed by atoms with Gasteiger partial charge < -0.3 is 20.5 Å². The van der Waals surface area contributed by atoms with Gasteiger partial charge in [-0.1, -0.05) is 18.2 Å². The SMILES string of the molecule is COc1ccc(C[C@H](C)NCCc2ccc(O)c(NC=O)c2)cc1. The molecule has 2 aromatic rings. The van der Waals surface area contributed by atoms with Gasteiger partial charge in [-0.3, -0.25) is 4.79 Å². The first-order valence-electron chi connectivity index (χ1n) is 8.00. The highest BCUT2D eigenvalue weighted by Crippen LogP contribution is 2.23. The summed E-state index contributed by atoms with van der Waals surface area (Å²) in [5, 5.41) is 15.6. The van der Waals surface area contributed by atoms with Crippen molar-refractivity contribution in [2.75, 3.05) is 19.0 Å². The maximum absolute atomic E-state index is 10.5. The molecule has 5 nitrogen and oxygen atoms in total. The first kappa shape index (κ1) is 17.8. The minimum absolute atomic E-state index is 0.0756. The zero-order chi connectivity index (χ0) is 17.4. The molecule has 5 heteroatoms. The minimum atomic E-state index is 0.0756. The summed E-state index contributed by atoms with van der Waals surface area (Å²) in [5.74, 6) is 0.943. The van der Waals surface area contributed by atoms with Gasteiger partial charge in [-0.25, -0.2) is 0 Å². The van der Waals surface area contributed by atoms with Gasteiger partial charge in [-0.15, -0.1) is 0 Å². The van der Waals surface area contributed by atoms with Crippen molar-refractivity contribution in [3.05, 3.63) is 53.6 Å². The van der Waals surface area contributed by atoms with Crippen LogP contribution in [0.4, 0.5) is 5.69 Å². The lowest BCUT2D eigenvalue weighted by Crippen LogP contribution is -2.29. The molecule has 2 aromatic carbocycles. The Morgan fingerprint density at radius 1 is 1.17 bits per heavy atom. The predicted molar refractivity (Wildman–Crippen MR) is 95.7 cm³/mol. The lowest BCUT2D eigenvalue weighted by molar-refractivity contribution is -0.105. The van der Waals surface area contributed by atoms with Gasteiger partial charge in [0.1, 0.15) is 11.5 Å². The molecule has 0 aliphatic rings. The molecule has 1 amide bonds. The van der Waals surface area contributed by atoms with Crippen LogP contribution in [0.3, 0.4) is 0 Å². The van der Waals surface area contributed by atoms with E-state index in [0.717, 1.165) is 30.7 Å². The summed E-state index contributed by atoms with van der Waals surface area (Å²) in [7, 11) is 1.67. The normalized spacial score (nSPS) is 11.8. The Kier molecular flexibility index (Phi) is 6.63. The lowest BCUT2D eigenvalue weighted by atomic mass is 10.1. The minimum Gasteiger partial charge on any atom is -0.506 e. The second kappa shape index (κ2) is 8.93. The quantitative estimate of drug-likeness (QED) is 0.489. The van der Waals surface area contributed by atoms with Crippen LogP contribution in [0, 0.1) is 0 Å². The highest BCUT2D eigenvalue weighted by molar-refractivity contribution is 5.75. The number of nitrogens with one attached hydrogen (secondary N) is 2. The van der Waals surface area contributed by atoms with E-state index < -0.39 is 0 Å². The number of amides is 1. The largest absolute Gasteiger partial charge is 0.506 e. The topological polar surface area (TPSA) is 70.6 Å². The van der Waals surface area contributed by atoms with Crippen LogP contribution < -0.4 is 15.4 Å². The molecule has 3 N–H and O–H groups in total. The average molecular weight is 328 g/mol. The van der Waals surface area contributed by atoms with Crippen LogP contribution in [0.15, 0.2) is 42.5 Å². The van der Waals surface area contributed by atoms with E-state index in [1.165, 1.54) is 5.56 Å². The molecule has 1 atom stereocenters. The van der Waals surface area contributed by atoms with E-state index in [2.05, 4.69) is 29.7 Å². The molecule has 0 spiro atoms. The van der Waals surface area contributed by atoms with Gasteiger partial charge >= 0.3 is 0 Å². The first-order valence-corrected chi connectivity index (χ1v) is 8.00. The van der Waals surface area contributed by atoms with Crippen molar-refractivity contribution in [3.63, 3.8) is 0 Å². The maximum Gasteiger partial charge on any atom is 0.211 e. The molecule has 2 rings (SSSR count). The third kappa shape index (κ3) is 5.28. The van der Waals surface area contributed by atoms with Gasteiger partial charge in [-0.05, 0) is 61.7 Å². The van der Waals surface area contributed by atoms with E-state index in [1.54, 1.807) is 19.2 Å². The lowest BCUT2D eigenvalue weighted by Gasteiger charge is -2.14. The van der Waals surface area contributed by atoms with Crippen molar-refractivity contribution in [1.82, 2.24) is 5.32 Å². The third-order valence-electron chi connectivity index (χ3n) is 3.88. The molecule has 0 heterocycles. The molecule has 24 heavy (non-hydrogen) atoms. The monoisotopic (exact) mass is 328 g/mol. The molecule has 0 radical (unpaired) electrons. The van der Waals surface area contributed by atoms with Crippen molar-refractivity contribution in [2.45, 2.75) is 25.8 Å². The van der Waals surface area contributed by atoms with E-state index in [4.69, 9.17) is 4.74 Å². The summed E-state index contributed by atoms with van der Waals surface area (Å²) in [6.07, 6.45) is 2.33. The van der Waals surface area contributed by atoms with Crippen LogP contribution in [0.2, 0.25) is 0 Å². The molecule has 128 valence electrons. The predicted octanol–water partition coefficient (Wildman–Crippen LogP) is 2.73. The Labute approximate surface area is 142 Å². The number of rotatable bonds is 9. The summed E-state index contributed by atoms with van der Waals surface area (Å²) in [6.45, 7) is 2.98. The van der Waals surface area contributed by atoms with Crippen LogP contribution in [-0.4, -0.2) is 31.2 Å². The van der Waals surface area contributed by atoms with Gasteiger partial charge in [0.2, 0.25) is 6.41 Å². The van der Waals surface area contributed by atoms with Gasteiger partial charge in [-0.2, -0.15) is 0 Å². The molecule has 0 unspecified atom stereocenters. The number of carbonyl (C=O) groups is 1. The number of anilines is 1. The van der Waals surface area contributed by atoms with E-state index in [0.29, 0.717) is 18.1 Å². The van der Waals surface area contributed by atoms with Gasteiger partial charge in [0.25, 0.3) is 0 Å². The van der Waals surface area contributed by atoms with E-state index >= 15 is 0 Å². The fraction of sp³-hybridized carbons (Fsp3) is 0.316. The Balaban J connectivity index is 1.80. The van der Waals surface area contributed by atoms with Crippen LogP contribution in [0.5, 0.6) is 11.5 Å². The fourth-order valence-corrected chi connectivity index (χ4v) is 2.57. The summed E-state index contributed by atoms with van der Waals surface area (Å²) in [6, 6.07) is 13.7. The summed E-state index contributed by atoms with van der Waals surface area (Å²) >= 11 is 0. The first-order chi connectivity index (χ1) is 11.6. The van der Waals surface area contributed by atoms with Gasteiger partial charge in [0.15, 0.2) is 0 Å². The summed E-state index contributed by atoms with van der Waals surface area (Å²) in [4.78, 5) is 10.5. The highest BCUT2D eigenvalue weighted by Gasteiger charge is 2.05. The molecule has 0 aromatic heterocycles. The highest BCUT2D eigenvalue weighted by atomic mass is 16.5. The number of hydrogen-bond acceptors (Lipinski definition) is 4. The van der Waals surface area contributed by atoms with Gasteiger partial charge in [0, 0.05) is 6.04 Å². The van der Waals surface area contributed by atoms with Crippen molar-refractivity contribution < 1.29 is 14.6 Å². The molecule has 0 aliphatic carbocycles. The molecule has 0 fully saturated rings. The fourth-order valence-electron chi connectivity index (χ4n) is 2.57. The van der Waals surface area contributed by atoms with E-state index in [9.17, 15) is 9.90 Å². The summed E-state index contributed by atoms with van der Waals surface area (Å²) < 4.78 is 5.16. The Bertz CT molecular complexity index is 656. The zero-order valence-corrected chi connectivity index (χ0v) is 14.1. The van der Waals surface area contributed by atoms with Gasteiger partial charge in [0.05, 0.1) is 12.8 Å². The molecule has 0 aliphatic heterocycles. The number of phenolic OH excluding ortho intramolecular Hbond substituents is 1. The van der Waals surface area contributed by atoms with Crippen LogP contribution in [0.25, 0.3) is 0 Å². The van der Waals surface area contributed by atoms with Crippen LogP contribution in [-0.2, 0) is 17.6 Å². The van der Waals surface area contributed by atoms with Crippen molar-refractivity contribution in [2.24, 2.45) is 0 Å². The van der Waals surface area contributed by atoms with Crippen molar-refractivity contribution >= 4 is 12.1 Å². The molecule has 0 bridgehead atoms. The maximum atomic E-state index is 10.5. The number of phenols is 1. The van der Waals surface area contributed by atoms with E-state index in [1.807, 2.05) is 18.2 Å². The second-order valence-corrected chi connectivity index (χ2v) is 5.77. The number of carbonyl (C=O) groups excluding carboxylic acids is 1. The number of ether oxygens (including phenoxy) is 1. The molecular weight excluding hydrogens is 304 g/mol.